The zero-order chi connectivity index (χ0) is 15.8. The fourth-order valence-electron chi connectivity index (χ4n) is 1.80. The van der Waals surface area contributed by atoms with Crippen LogP contribution in [0.25, 0.3) is 0 Å². The van der Waals surface area contributed by atoms with E-state index in [0.717, 1.165) is 17.7 Å². The SMILES string of the molecule is COC(=O)[C@@](NS(C)(=O)=O)(c1cccn1C)C(F)(F)F. The minimum atomic E-state index is -5.23. The van der Waals surface area contributed by atoms with Gasteiger partial charge in [-0.3, -0.25) is 0 Å². The van der Waals surface area contributed by atoms with Gasteiger partial charge in [0.15, 0.2) is 0 Å². The number of rotatable bonds is 4. The molecule has 0 bridgehead atoms. The predicted molar refractivity (Wildman–Crippen MR) is 63.1 cm³/mol. The van der Waals surface area contributed by atoms with E-state index >= 15 is 0 Å². The number of esters is 1. The zero-order valence-corrected chi connectivity index (χ0v) is 11.7. The first-order valence-electron chi connectivity index (χ1n) is 5.21. The molecule has 114 valence electrons. The van der Waals surface area contributed by atoms with Crippen LogP contribution < -0.4 is 4.72 Å². The lowest BCUT2D eigenvalue weighted by Gasteiger charge is -2.33. The van der Waals surface area contributed by atoms with Gasteiger partial charge in [0, 0.05) is 13.2 Å². The maximum absolute atomic E-state index is 13.4. The summed E-state index contributed by atoms with van der Waals surface area (Å²) in [7, 11) is -2.35. The largest absolute Gasteiger partial charge is 0.467 e. The van der Waals surface area contributed by atoms with Gasteiger partial charge in [0.1, 0.15) is 0 Å². The first kappa shape index (κ1) is 16.5. The first-order chi connectivity index (χ1) is 8.95. The molecule has 1 N–H and O–H groups in total. The summed E-state index contributed by atoms with van der Waals surface area (Å²) in [6.45, 7) is 0. The van der Waals surface area contributed by atoms with Crippen molar-refractivity contribution >= 4 is 16.0 Å². The highest BCUT2D eigenvalue weighted by Crippen LogP contribution is 2.40. The van der Waals surface area contributed by atoms with Crippen molar-refractivity contribution in [3.05, 3.63) is 24.0 Å². The summed E-state index contributed by atoms with van der Waals surface area (Å²) in [5.41, 5.74) is -4.09. The van der Waals surface area contributed by atoms with Gasteiger partial charge in [-0.2, -0.15) is 17.9 Å². The number of sulfonamides is 1. The molecule has 0 saturated heterocycles. The Kier molecular flexibility index (Phi) is 4.20. The molecule has 1 atom stereocenters. The fraction of sp³-hybridized carbons (Fsp3) is 0.500. The lowest BCUT2D eigenvalue weighted by atomic mass is 9.95. The Balaban J connectivity index is 3.68. The lowest BCUT2D eigenvalue weighted by molar-refractivity contribution is -0.212. The summed E-state index contributed by atoms with van der Waals surface area (Å²) in [6, 6.07) is 2.24. The first-order valence-corrected chi connectivity index (χ1v) is 7.10. The van der Waals surface area contributed by atoms with E-state index in [1.54, 1.807) is 0 Å². The van der Waals surface area contributed by atoms with Crippen LogP contribution in [0.1, 0.15) is 5.69 Å². The number of aromatic nitrogens is 1. The van der Waals surface area contributed by atoms with Gasteiger partial charge >= 0.3 is 12.1 Å². The molecule has 0 unspecified atom stereocenters. The number of nitrogens with zero attached hydrogens (tertiary/aromatic N) is 1. The number of hydrogen-bond acceptors (Lipinski definition) is 4. The molecule has 0 aliphatic heterocycles. The van der Waals surface area contributed by atoms with Crippen molar-refractivity contribution in [1.82, 2.24) is 9.29 Å². The van der Waals surface area contributed by atoms with Crippen molar-refractivity contribution in [2.45, 2.75) is 11.7 Å². The maximum Gasteiger partial charge on any atom is 0.424 e. The second-order valence-electron chi connectivity index (χ2n) is 4.12. The molecule has 1 rings (SSSR count). The molecule has 1 heterocycles. The van der Waals surface area contributed by atoms with E-state index in [1.165, 1.54) is 24.0 Å². The molecule has 1 aromatic heterocycles. The summed E-state index contributed by atoms with van der Waals surface area (Å²) in [4.78, 5) is 11.7. The number of aryl methyl sites for hydroxylation is 1. The van der Waals surface area contributed by atoms with Crippen LogP contribution in [0.2, 0.25) is 0 Å². The van der Waals surface area contributed by atoms with Gasteiger partial charge in [-0.15, -0.1) is 0 Å². The number of carbonyl (C=O) groups excluding carboxylic acids is 1. The molecular weight excluding hydrogens is 301 g/mol. The van der Waals surface area contributed by atoms with E-state index in [1.807, 2.05) is 0 Å². The number of hydrogen-bond donors (Lipinski definition) is 1. The third-order valence-electron chi connectivity index (χ3n) is 2.58. The molecule has 10 heteroatoms. The third kappa shape index (κ3) is 2.80. The van der Waals surface area contributed by atoms with E-state index in [0.29, 0.717) is 6.26 Å². The molecule has 1 aromatic rings. The summed E-state index contributed by atoms with van der Waals surface area (Å²) in [6.07, 6.45) is -3.45. The zero-order valence-electron chi connectivity index (χ0n) is 10.9. The molecule has 0 aliphatic carbocycles. The Bertz CT molecular complexity index is 608. The number of methoxy groups -OCH3 is 1. The van der Waals surface area contributed by atoms with Gasteiger partial charge in [0.2, 0.25) is 10.0 Å². The normalized spacial score (nSPS) is 15.7. The minimum absolute atomic E-state index is 0.527. The lowest BCUT2D eigenvalue weighted by Crippen LogP contribution is -2.62. The summed E-state index contributed by atoms with van der Waals surface area (Å²) in [5.74, 6) is -1.77. The summed E-state index contributed by atoms with van der Waals surface area (Å²) in [5, 5.41) is 0. The summed E-state index contributed by atoms with van der Waals surface area (Å²) < 4.78 is 69.4. The van der Waals surface area contributed by atoms with Crippen molar-refractivity contribution in [2.75, 3.05) is 13.4 Å². The highest BCUT2D eigenvalue weighted by atomic mass is 32.2. The van der Waals surface area contributed by atoms with Gasteiger partial charge in [-0.25, -0.2) is 13.2 Å². The van der Waals surface area contributed by atoms with E-state index in [9.17, 15) is 26.4 Å². The molecule has 0 spiro atoms. The standard InChI is InChI=1S/C10H13F3N2O4S/c1-15-6-4-5-7(15)9(8(16)19-2,10(11,12)13)14-20(3,17)18/h4-6,14H,1-3H3/t9-/m0/s1. The number of nitrogens with one attached hydrogen (secondary N) is 1. The van der Waals surface area contributed by atoms with Crippen LogP contribution in [0.15, 0.2) is 18.3 Å². The third-order valence-corrected chi connectivity index (χ3v) is 3.26. The number of halogens is 3. The molecule has 0 aromatic carbocycles. The van der Waals surface area contributed by atoms with Gasteiger partial charge in [0.25, 0.3) is 5.54 Å². The van der Waals surface area contributed by atoms with Crippen LogP contribution in [0.4, 0.5) is 13.2 Å². The van der Waals surface area contributed by atoms with Crippen molar-refractivity contribution in [1.29, 1.82) is 0 Å². The van der Waals surface area contributed by atoms with Gasteiger partial charge in [-0.05, 0) is 12.1 Å². The highest BCUT2D eigenvalue weighted by molar-refractivity contribution is 7.88. The van der Waals surface area contributed by atoms with Crippen LogP contribution in [0.5, 0.6) is 0 Å². The predicted octanol–water partition coefficient (Wildman–Crippen LogP) is 0.505. The molecule has 0 aliphatic rings. The van der Waals surface area contributed by atoms with Gasteiger partial charge in [0.05, 0.1) is 19.1 Å². The van der Waals surface area contributed by atoms with Crippen LogP contribution in [-0.4, -0.2) is 38.5 Å². The molecule has 0 amide bonds. The van der Waals surface area contributed by atoms with Crippen LogP contribution in [0, 0.1) is 0 Å². The molecule has 0 fully saturated rings. The Morgan fingerprint density at radius 1 is 1.40 bits per heavy atom. The average molecular weight is 314 g/mol. The van der Waals surface area contributed by atoms with E-state index in [2.05, 4.69) is 4.74 Å². The topological polar surface area (TPSA) is 77.4 Å². The molecule has 6 nitrogen and oxygen atoms in total. The molecule has 0 radical (unpaired) electrons. The minimum Gasteiger partial charge on any atom is -0.467 e. The molecule has 0 saturated carbocycles. The van der Waals surface area contributed by atoms with Gasteiger partial charge < -0.3 is 9.30 Å². The van der Waals surface area contributed by atoms with Crippen LogP contribution >= 0.6 is 0 Å². The number of alkyl halides is 3. The van der Waals surface area contributed by atoms with Gasteiger partial charge in [-0.1, -0.05) is 0 Å². The Hall–Kier alpha value is -1.55. The quantitative estimate of drug-likeness (QED) is 0.821. The van der Waals surface area contributed by atoms with Crippen molar-refractivity contribution in [2.24, 2.45) is 7.05 Å². The summed E-state index contributed by atoms with van der Waals surface area (Å²) >= 11 is 0. The smallest absolute Gasteiger partial charge is 0.424 e. The van der Waals surface area contributed by atoms with Crippen LogP contribution in [0.3, 0.4) is 0 Å². The molecular formula is C10H13F3N2O4S. The van der Waals surface area contributed by atoms with Crippen molar-refractivity contribution in [3.63, 3.8) is 0 Å². The fourth-order valence-corrected chi connectivity index (χ4v) is 2.66. The van der Waals surface area contributed by atoms with E-state index < -0.39 is 33.4 Å². The monoisotopic (exact) mass is 314 g/mol. The Labute approximate surface area is 113 Å². The van der Waals surface area contributed by atoms with Crippen molar-refractivity contribution < 1.29 is 31.1 Å². The highest BCUT2D eigenvalue weighted by Gasteiger charge is 2.65. The average Bonchev–Trinajstić information content (AvgIpc) is 2.68. The number of ether oxygens (including phenoxy) is 1. The Morgan fingerprint density at radius 2 is 1.95 bits per heavy atom. The van der Waals surface area contributed by atoms with Crippen molar-refractivity contribution in [3.8, 4) is 0 Å². The second kappa shape index (κ2) is 5.09. The number of carbonyl (C=O) groups is 1. The van der Waals surface area contributed by atoms with Crippen LogP contribution in [-0.2, 0) is 32.1 Å². The second-order valence-corrected chi connectivity index (χ2v) is 5.87. The van der Waals surface area contributed by atoms with E-state index in [-0.39, 0.29) is 0 Å². The molecule has 20 heavy (non-hydrogen) atoms. The maximum atomic E-state index is 13.4. The Morgan fingerprint density at radius 3 is 2.25 bits per heavy atom. The van der Waals surface area contributed by atoms with E-state index in [4.69, 9.17) is 0 Å².